The van der Waals surface area contributed by atoms with Gasteiger partial charge in [0.25, 0.3) is 0 Å². The molecule has 0 radical (unpaired) electrons. The summed E-state index contributed by atoms with van der Waals surface area (Å²) < 4.78 is 0. The van der Waals surface area contributed by atoms with Crippen LogP contribution in [0.3, 0.4) is 0 Å². The van der Waals surface area contributed by atoms with Crippen LogP contribution in [0.15, 0.2) is 42.5 Å². The Bertz CT molecular complexity index is 721. The first-order chi connectivity index (χ1) is 8.15. The van der Waals surface area contributed by atoms with E-state index in [0.717, 1.165) is 0 Å². The first kappa shape index (κ1) is 10.3. The third kappa shape index (κ3) is 1.61. The van der Waals surface area contributed by atoms with Gasteiger partial charge in [0.1, 0.15) is 0 Å². The molecule has 0 unspecified atom stereocenters. The zero-order valence-electron chi connectivity index (χ0n) is 10.5. The molecule has 0 aromatic heterocycles. The Labute approximate surface area is 102 Å². The van der Waals surface area contributed by atoms with Crippen LogP contribution in [-0.2, 0) is 0 Å². The van der Waals surface area contributed by atoms with Gasteiger partial charge in [-0.05, 0) is 65.6 Å². The molecule has 0 spiro atoms. The summed E-state index contributed by atoms with van der Waals surface area (Å²) in [4.78, 5) is 0. The summed E-state index contributed by atoms with van der Waals surface area (Å²) in [5.74, 6) is 0. The van der Waals surface area contributed by atoms with Crippen LogP contribution in [0.2, 0.25) is 0 Å². The van der Waals surface area contributed by atoms with Crippen molar-refractivity contribution in [1.82, 2.24) is 0 Å². The zero-order valence-corrected chi connectivity index (χ0v) is 10.5. The van der Waals surface area contributed by atoms with Crippen LogP contribution >= 0.6 is 0 Å². The topological polar surface area (TPSA) is 0 Å². The van der Waals surface area contributed by atoms with Gasteiger partial charge in [-0.3, -0.25) is 0 Å². The van der Waals surface area contributed by atoms with Gasteiger partial charge in [-0.15, -0.1) is 0 Å². The fourth-order valence-electron chi connectivity index (χ4n) is 2.67. The molecule has 0 aliphatic heterocycles. The molecule has 0 fully saturated rings. The van der Waals surface area contributed by atoms with E-state index < -0.39 is 0 Å². The molecule has 0 nitrogen and oxygen atoms in total. The Balaban J connectivity index is 2.52. The standard InChI is InChI=1S/C17H16/c1-11-7-13(3)17-9-14-6-4-5-12(2)16(14)10-15(17)8-11/h4-10H,1-3H3. The first-order valence-electron chi connectivity index (χ1n) is 6.05. The van der Waals surface area contributed by atoms with E-state index in [1.807, 2.05) is 0 Å². The van der Waals surface area contributed by atoms with Gasteiger partial charge in [-0.1, -0.05) is 35.9 Å². The molecule has 0 amide bonds. The highest BCUT2D eigenvalue weighted by atomic mass is 14.1. The fourth-order valence-corrected chi connectivity index (χ4v) is 2.67. The summed E-state index contributed by atoms with van der Waals surface area (Å²) in [5.41, 5.74) is 4.05. The Morgan fingerprint density at radius 2 is 1.35 bits per heavy atom. The third-order valence-corrected chi connectivity index (χ3v) is 3.52. The van der Waals surface area contributed by atoms with E-state index in [1.54, 1.807) is 0 Å². The van der Waals surface area contributed by atoms with E-state index in [2.05, 4.69) is 63.2 Å². The highest BCUT2D eigenvalue weighted by molar-refractivity contribution is 6.01. The molecule has 0 atom stereocenters. The van der Waals surface area contributed by atoms with Crippen LogP contribution in [-0.4, -0.2) is 0 Å². The van der Waals surface area contributed by atoms with Crippen molar-refractivity contribution in [3.63, 3.8) is 0 Å². The van der Waals surface area contributed by atoms with Crippen molar-refractivity contribution in [2.75, 3.05) is 0 Å². The van der Waals surface area contributed by atoms with E-state index in [0.29, 0.717) is 0 Å². The van der Waals surface area contributed by atoms with Gasteiger partial charge in [-0.2, -0.15) is 0 Å². The molecule has 3 aromatic rings. The van der Waals surface area contributed by atoms with Gasteiger partial charge >= 0.3 is 0 Å². The second-order valence-electron chi connectivity index (χ2n) is 4.95. The molecule has 0 saturated heterocycles. The molecule has 0 heterocycles. The maximum atomic E-state index is 2.32. The van der Waals surface area contributed by atoms with Crippen molar-refractivity contribution < 1.29 is 0 Å². The van der Waals surface area contributed by atoms with Crippen LogP contribution in [0.4, 0.5) is 0 Å². The van der Waals surface area contributed by atoms with Crippen molar-refractivity contribution in [3.05, 3.63) is 59.2 Å². The van der Waals surface area contributed by atoms with Crippen molar-refractivity contribution in [1.29, 1.82) is 0 Å². The lowest BCUT2D eigenvalue weighted by atomic mass is 9.96. The van der Waals surface area contributed by atoms with Crippen molar-refractivity contribution in [2.24, 2.45) is 0 Å². The predicted molar refractivity (Wildman–Crippen MR) is 75.7 cm³/mol. The SMILES string of the molecule is Cc1cc(C)c2cc3cccc(C)c3cc2c1. The summed E-state index contributed by atoms with van der Waals surface area (Å²) in [5, 5.41) is 5.42. The van der Waals surface area contributed by atoms with Crippen LogP contribution < -0.4 is 0 Å². The van der Waals surface area contributed by atoms with Gasteiger partial charge < -0.3 is 0 Å². The number of benzene rings is 3. The minimum absolute atomic E-state index is 1.34. The summed E-state index contributed by atoms with van der Waals surface area (Å²) in [6, 6.07) is 15.7. The molecule has 3 aromatic carbocycles. The molecule has 0 aliphatic carbocycles. The van der Waals surface area contributed by atoms with Crippen LogP contribution in [0, 0.1) is 20.8 Å². The van der Waals surface area contributed by atoms with E-state index in [4.69, 9.17) is 0 Å². The summed E-state index contributed by atoms with van der Waals surface area (Å²) in [6.07, 6.45) is 0. The monoisotopic (exact) mass is 220 g/mol. The normalized spacial score (nSPS) is 11.2. The van der Waals surface area contributed by atoms with E-state index in [9.17, 15) is 0 Å². The lowest BCUT2D eigenvalue weighted by Crippen LogP contribution is -1.84. The zero-order chi connectivity index (χ0) is 12.0. The smallest absolute Gasteiger partial charge is 0.0148 e. The first-order valence-corrected chi connectivity index (χ1v) is 6.05. The number of fused-ring (bicyclic) bond motifs is 2. The quantitative estimate of drug-likeness (QED) is 0.472. The molecular formula is C17H16. The Kier molecular flexibility index (Phi) is 2.19. The number of hydrogen-bond donors (Lipinski definition) is 0. The lowest BCUT2D eigenvalue weighted by molar-refractivity contribution is 1.43. The van der Waals surface area contributed by atoms with Gasteiger partial charge in [0.15, 0.2) is 0 Å². The Hall–Kier alpha value is -1.82. The average molecular weight is 220 g/mol. The highest BCUT2D eigenvalue weighted by Gasteiger charge is 2.03. The van der Waals surface area contributed by atoms with E-state index >= 15 is 0 Å². The molecular weight excluding hydrogens is 204 g/mol. The molecule has 0 saturated carbocycles. The number of hydrogen-bond acceptors (Lipinski definition) is 0. The minimum atomic E-state index is 1.34. The van der Waals surface area contributed by atoms with Gasteiger partial charge in [0.2, 0.25) is 0 Å². The van der Waals surface area contributed by atoms with E-state index in [-0.39, 0.29) is 0 Å². The summed E-state index contributed by atoms with van der Waals surface area (Å²) >= 11 is 0. The largest absolute Gasteiger partial charge is 0.0614 e. The molecule has 0 N–H and O–H groups in total. The molecule has 0 aliphatic rings. The minimum Gasteiger partial charge on any atom is -0.0614 e. The molecule has 3 rings (SSSR count). The number of rotatable bonds is 0. The summed E-state index contributed by atoms with van der Waals surface area (Å²) in [6.45, 7) is 6.53. The van der Waals surface area contributed by atoms with Crippen molar-refractivity contribution in [3.8, 4) is 0 Å². The van der Waals surface area contributed by atoms with Gasteiger partial charge in [0.05, 0.1) is 0 Å². The molecule has 17 heavy (non-hydrogen) atoms. The maximum absolute atomic E-state index is 2.32. The summed E-state index contributed by atoms with van der Waals surface area (Å²) in [7, 11) is 0. The van der Waals surface area contributed by atoms with Crippen LogP contribution in [0.5, 0.6) is 0 Å². The average Bonchev–Trinajstić information content (AvgIpc) is 2.28. The lowest BCUT2D eigenvalue weighted by Gasteiger charge is -2.08. The van der Waals surface area contributed by atoms with Crippen LogP contribution in [0.25, 0.3) is 21.5 Å². The Morgan fingerprint density at radius 1 is 0.647 bits per heavy atom. The molecule has 0 bridgehead atoms. The van der Waals surface area contributed by atoms with E-state index in [1.165, 1.54) is 38.2 Å². The highest BCUT2D eigenvalue weighted by Crippen LogP contribution is 2.28. The Morgan fingerprint density at radius 3 is 2.18 bits per heavy atom. The van der Waals surface area contributed by atoms with Crippen molar-refractivity contribution in [2.45, 2.75) is 20.8 Å². The van der Waals surface area contributed by atoms with Crippen LogP contribution in [0.1, 0.15) is 16.7 Å². The third-order valence-electron chi connectivity index (χ3n) is 3.52. The second kappa shape index (κ2) is 3.59. The van der Waals surface area contributed by atoms with Crippen molar-refractivity contribution >= 4 is 21.5 Å². The predicted octanol–water partition coefficient (Wildman–Crippen LogP) is 4.92. The maximum Gasteiger partial charge on any atom is -0.0148 e. The van der Waals surface area contributed by atoms with Gasteiger partial charge in [-0.25, -0.2) is 0 Å². The molecule has 0 heteroatoms. The fraction of sp³-hybridized carbons (Fsp3) is 0.176. The second-order valence-corrected chi connectivity index (χ2v) is 4.95. The number of aryl methyl sites for hydroxylation is 3. The molecule has 84 valence electrons. The van der Waals surface area contributed by atoms with Gasteiger partial charge in [0, 0.05) is 0 Å².